The lowest BCUT2D eigenvalue weighted by Crippen LogP contribution is -2.43. The summed E-state index contributed by atoms with van der Waals surface area (Å²) in [5, 5.41) is 11.7. The fourth-order valence-corrected chi connectivity index (χ4v) is 1.53. The van der Waals surface area contributed by atoms with Crippen LogP contribution in [0.15, 0.2) is 18.3 Å². The minimum Gasteiger partial charge on any atom is -0.480 e. The van der Waals surface area contributed by atoms with Crippen molar-refractivity contribution in [2.45, 2.75) is 12.5 Å². The summed E-state index contributed by atoms with van der Waals surface area (Å²) in [5.74, 6) is -0.811. The monoisotopic (exact) mass is 225 g/mol. The largest absolute Gasteiger partial charge is 0.480 e. The number of aliphatic carboxylic acids is 1. The van der Waals surface area contributed by atoms with Crippen LogP contribution in [0.1, 0.15) is 5.69 Å². The maximum Gasteiger partial charge on any atom is 0.322 e. The molecule has 0 saturated heterocycles. The quantitative estimate of drug-likeness (QED) is 0.618. The molecule has 1 atom stereocenters. The molecule has 3 N–H and O–H groups in total. The Labute approximate surface area is 95.5 Å². The molecule has 0 fully saturated rings. The Morgan fingerprint density at radius 3 is 2.94 bits per heavy atom. The summed E-state index contributed by atoms with van der Waals surface area (Å²) in [6, 6.07) is 3.48. The molecule has 0 saturated carbocycles. The van der Waals surface area contributed by atoms with Gasteiger partial charge in [-0.3, -0.25) is 4.79 Å². The zero-order chi connectivity index (χ0) is 12.0. The van der Waals surface area contributed by atoms with Gasteiger partial charge in [0.05, 0.1) is 0 Å². The van der Waals surface area contributed by atoms with Crippen LogP contribution in [0.25, 0.3) is 0 Å². The van der Waals surface area contributed by atoms with Gasteiger partial charge >= 0.3 is 5.97 Å². The second-order valence-corrected chi connectivity index (χ2v) is 3.89. The average molecular weight is 225 g/mol. The number of carboxylic acid groups (broad SMARTS) is 1. The highest BCUT2D eigenvalue weighted by Gasteiger charge is 2.16. The third-order valence-corrected chi connectivity index (χ3v) is 2.57. The molecule has 0 aliphatic rings. The minimum absolute atomic E-state index is 0.506. The van der Waals surface area contributed by atoms with Crippen molar-refractivity contribution in [3.05, 3.63) is 24.0 Å². The molecular weight excluding hydrogens is 206 g/mol. The van der Waals surface area contributed by atoms with Gasteiger partial charge in [-0.1, -0.05) is 0 Å². The first-order valence-electron chi connectivity index (χ1n) is 5.34. The summed E-state index contributed by atoms with van der Waals surface area (Å²) in [5.41, 5.74) is 1.17. The summed E-state index contributed by atoms with van der Waals surface area (Å²) in [4.78, 5) is 15.9. The van der Waals surface area contributed by atoms with Crippen molar-refractivity contribution in [2.75, 3.05) is 27.2 Å². The van der Waals surface area contributed by atoms with E-state index in [1.807, 2.05) is 30.3 Å². The van der Waals surface area contributed by atoms with E-state index in [1.165, 1.54) is 5.69 Å². The molecule has 5 heteroatoms. The molecule has 16 heavy (non-hydrogen) atoms. The normalized spacial score (nSPS) is 12.9. The Morgan fingerprint density at radius 2 is 2.44 bits per heavy atom. The average Bonchev–Trinajstić information content (AvgIpc) is 2.75. The molecule has 1 heterocycles. The van der Waals surface area contributed by atoms with E-state index in [4.69, 9.17) is 5.11 Å². The van der Waals surface area contributed by atoms with Crippen LogP contribution in [0.2, 0.25) is 0 Å². The first-order valence-corrected chi connectivity index (χ1v) is 5.34. The smallest absolute Gasteiger partial charge is 0.322 e. The summed E-state index contributed by atoms with van der Waals surface area (Å²) >= 11 is 0. The van der Waals surface area contributed by atoms with Crippen LogP contribution in [0.3, 0.4) is 0 Å². The second kappa shape index (κ2) is 6.30. The summed E-state index contributed by atoms with van der Waals surface area (Å²) in [7, 11) is 3.59. The number of aromatic amines is 1. The van der Waals surface area contributed by atoms with E-state index in [1.54, 1.807) is 7.05 Å². The van der Waals surface area contributed by atoms with E-state index in [0.29, 0.717) is 6.54 Å². The zero-order valence-electron chi connectivity index (χ0n) is 9.73. The molecule has 0 amide bonds. The minimum atomic E-state index is -0.811. The number of nitrogens with zero attached hydrogens (tertiary/aromatic N) is 1. The van der Waals surface area contributed by atoms with Gasteiger partial charge in [0.25, 0.3) is 0 Å². The van der Waals surface area contributed by atoms with E-state index in [-0.39, 0.29) is 0 Å². The standard InChI is InChI=1S/C11H19N3O2/c1-12-10(11(15)16)8-14(2)7-5-9-4-3-6-13-9/h3-4,6,10,12-13H,5,7-8H2,1-2H3,(H,15,16). The number of nitrogens with one attached hydrogen (secondary N) is 2. The zero-order valence-corrected chi connectivity index (χ0v) is 9.73. The Balaban J connectivity index is 2.29. The lowest BCUT2D eigenvalue weighted by Gasteiger charge is -2.20. The van der Waals surface area contributed by atoms with Crippen LogP contribution in [0.4, 0.5) is 0 Å². The molecule has 90 valence electrons. The van der Waals surface area contributed by atoms with Gasteiger partial charge in [-0.05, 0) is 26.2 Å². The number of aromatic nitrogens is 1. The van der Waals surface area contributed by atoms with Crippen LogP contribution in [-0.4, -0.2) is 54.2 Å². The van der Waals surface area contributed by atoms with Crippen molar-refractivity contribution in [2.24, 2.45) is 0 Å². The highest BCUT2D eigenvalue weighted by Crippen LogP contribution is 1.98. The van der Waals surface area contributed by atoms with E-state index >= 15 is 0 Å². The molecule has 1 aromatic rings. The predicted molar refractivity (Wildman–Crippen MR) is 62.5 cm³/mol. The first-order chi connectivity index (χ1) is 7.63. The molecule has 1 rings (SSSR count). The van der Waals surface area contributed by atoms with Gasteiger partial charge in [0, 0.05) is 31.4 Å². The van der Waals surface area contributed by atoms with Crippen LogP contribution in [-0.2, 0) is 11.2 Å². The van der Waals surface area contributed by atoms with Gasteiger partial charge in [0.1, 0.15) is 6.04 Å². The summed E-state index contributed by atoms with van der Waals surface area (Å²) in [6.07, 6.45) is 2.79. The Bertz CT molecular complexity index is 311. The topological polar surface area (TPSA) is 68.4 Å². The molecule has 1 unspecified atom stereocenters. The third-order valence-electron chi connectivity index (χ3n) is 2.57. The van der Waals surface area contributed by atoms with Crippen molar-refractivity contribution in [1.29, 1.82) is 0 Å². The second-order valence-electron chi connectivity index (χ2n) is 3.89. The van der Waals surface area contributed by atoms with Gasteiger partial charge in [-0.25, -0.2) is 0 Å². The maximum absolute atomic E-state index is 10.8. The molecule has 0 aromatic carbocycles. The molecular formula is C11H19N3O2. The van der Waals surface area contributed by atoms with E-state index in [2.05, 4.69) is 10.3 Å². The lowest BCUT2D eigenvalue weighted by molar-refractivity contribution is -0.139. The van der Waals surface area contributed by atoms with Gasteiger partial charge in [0.2, 0.25) is 0 Å². The van der Waals surface area contributed by atoms with Crippen molar-refractivity contribution in [3.63, 3.8) is 0 Å². The van der Waals surface area contributed by atoms with Crippen LogP contribution < -0.4 is 5.32 Å². The van der Waals surface area contributed by atoms with Gasteiger partial charge in [-0.15, -0.1) is 0 Å². The number of hydrogen-bond donors (Lipinski definition) is 3. The van der Waals surface area contributed by atoms with E-state index in [9.17, 15) is 4.79 Å². The maximum atomic E-state index is 10.8. The fraction of sp³-hybridized carbons (Fsp3) is 0.545. The molecule has 0 aliphatic heterocycles. The highest BCUT2D eigenvalue weighted by molar-refractivity contribution is 5.73. The van der Waals surface area contributed by atoms with Crippen molar-refractivity contribution in [1.82, 2.24) is 15.2 Å². The van der Waals surface area contributed by atoms with Gasteiger partial charge in [-0.2, -0.15) is 0 Å². The van der Waals surface area contributed by atoms with Crippen molar-refractivity contribution in [3.8, 4) is 0 Å². The Morgan fingerprint density at radius 1 is 1.69 bits per heavy atom. The van der Waals surface area contributed by atoms with Crippen molar-refractivity contribution >= 4 is 5.97 Å². The lowest BCUT2D eigenvalue weighted by atomic mass is 10.2. The van der Waals surface area contributed by atoms with E-state index in [0.717, 1.165) is 13.0 Å². The molecule has 0 radical (unpaired) electrons. The number of H-pyrrole nitrogens is 1. The van der Waals surface area contributed by atoms with Gasteiger partial charge in [0.15, 0.2) is 0 Å². The number of carbonyl (C=O) groups is 1. The van der Waals surface area contributed by atoms with Crippen molar-refractivity contribution < 1.29 is 9.90 Å². The van der Waals surface area contributed by atoms with Crippen LogP contribution in [0.5, 0.6) is 0 Å². The van der Waals surface area contributed by atoms with Crippen LogP contribution >= 0.6 is 0 Å². The predicted octanol–water partition coefficient (Wildman–Crippen LogP) is 0.162. The molecule has 1 aromatic heterocycles. The van der Waals surface area contributed by atoms with Crippen LogP contribution in [0, 0.1) is 0 Å². The molecule has 5 nitrogen and oxygen atoms in total. The summed E-state index contributed by atoms with van der Waals surface area (Å²) in [6.45, 7) is 1.35. The number of rotatable bonds is 7. The third kappa shape index (κ3) is 4.04. The molecule has 0 aliphatic carbocycles. The Kier molecular flexibility index (Phi) is 5.01. The highest BCUT2D eigenvalue weighted by atomic mass is 16.4. The number of hydrogen-bond acceptors (Lipinski definition) is 3. The SMILES string of the molecule is CNC(CN(C)CCc1ccc[nH]1)C(=O)O. The van der Waals surface area contributed by atoms with Gasteiger partial charge < -0.3 is 20.3 Å². The summed E-state index contributed by atoms with van der Waals surface area (Å²) < 4.78 is 0. The number of likely N-dealkylation sites (N-methyl/N-ethyl adjacent to an activating group) is 2. The van der Waals surface area contributed by atoms with E-state index < -0.39 is 12.0 Å². The first kappa shape index (κ1) is 12.7. The molecule has 0 bridgehead atoms. The number of carboxylic acids is 1. The fourth-order valence-electron chi connectivity index (χ4n) is 1.53. The Hall–Kier alpha value is -1.33. The molecule has 0 spiro atoms.